The van der Waals surface area contributed by atoms with Crippen molar-refractivity contribution in [1.82, 2.24) is 0 Å². The zero-order chi connectivity index (χ0) is 13.1. The molecule has 0 radical (unpaired) electrons. The average molecular weight is 314 g/mol. The van der Waals surface area contributed by atoms with E-state index in [0.717, 1.165) is 15.7 Å². The van der Waals surface area contributed by atoms with Gasteiger partial charge in [-0.05, 0) is 44.4 Å². The summed E-state index contributed by atoms with van der Waals surface area (Å²) >= 11 is 3.44. The summed E-state index contributed by atoms with van der Waals surface area (Å²) in [7, 11) is 0. The number of aliphatic hydroxyl groups excluding tert-OH is 2. The normalized spacial score (nSPS) is 17.3. The highest BCUT2D eigenvalue weighted by molar-refractivity contribution is 9.10. The second-order valence-corrected chi connectivity index (χ2v) is 5.80. The van der Waals surface area contributed by atoms with Crippen LogP contribution in [0.1, 0.15) is 37.9 Å². The molecule has 2 rings (SSSR count). The van der Waals surface area contributed by atoms with Crippen LogP contribution in [0.2, 0.25) is 0 Å². The first-order valence-corrected chi connectivity index (χ1v) is 7.27. The van der Waals surface area contributed by atoms with E-state index in [0.29, 0.717) is 12.6 Å². The second kappa shape index (κ2) is 6.04. The van der Waals surface area contributed by atoms with Gasteiger partial charge in [-0.1, -0.05) is 15.9 Å². The molecule has 0 bridgehead atoms. The zero-order valence-electron chi connectivity index (χ0n) is 10.6. The van der Waals surface area contributed by atoms with Crippen molar-refractivity contribution in [1.29, 1.82) is 0 Å². The Morgan fingerprint density at radius 2 is 2.17 bits per heavy atom. The van der Waals surface area contributed by atoms with Crippen LogP contribution in [-0.2, 0) is 0 Å². The summed E-state index contributed by atoms with van der Waals surface area (Å²) in [5.41, 5.74) is 1.97. The van der Waals surface area contributed by atoms with Gasteiger partial charge in [0.25, 0.3) is 0 Å². The Balaban J connectivity index is 2.33. The standard InChI is InChI=1S/C14H20BrNO2/c1-10(18)13-9-11(15)5-6-14(13)16(7-8-17)12-3-2-4-12/h5-6,9-10,12,17-18H,2-4,7-8H2,1H3. The van der Waals surface area contributed by atoms with Gasteiger partial charge in [0.1, 0.15) is 0 Å². The summed E-state index contributed by atoms with van der Waals surface area (Å²) in [6.45, 7) is 2.56. The van der Waals surface area contributed by atoms with Crippen molar-refractivity contribution in [3.8, 4) is 0 Å². The van der Waals surface area contributed by atoms with E-state index in [1.165, 1.54) is 19.3 Å². The molecule has 2 N–H and O–H groups in total. The molecule has 4 heteroatoms. The summed E-state index contributed by atoms with van der Waals surface area (Å²) in [5, 5.41) is 19.1. The minimum absolute atomic E-state index is 0.145. The van der Waals surface area contributed by atoms with E-state index in [-0.39, 0.29) is 6.61 Å². The van der Waals surface area contributed by atoms with E-state index in [2.05, 4.69) is 20.8 Å². The van der Waals surface area contributed by atoms with Crippen LogP contribution in [0.15, 0.2) is 22.7 Å². The SMILES string of the molecule is CC(O)c1cc(Br)ccc1N(CCO)C1CCC1. The van der Waals surface area contributed by atoms with Gasteiger partial charge in [-0.3, -0.25) is 0 Å². The fraction of sp³-hybridized carbons (Fsp3) is 0.571. The molecule has 1 aliphatic carbocycles. The fourth-order valence-electron chi connectivity index (χ4n) is 2.43. The summed E-state index contributed by atoms with van der Waals surface area (Å²) in [6, 6.07) is 6.49. The molecular formula is C14H20BrNO2. The number of hydrogen-bond donors (Lipinski definition) is 2. The van der Waals surface area contributed by atoms with Gasteiger partial charge in [0.05, 0.1) is 12.7 Å². The Morgan fingerprint density at radius 1 is 1.44 bits per heavy atom. The number of hydrogen-bond acceptors (Lipinski definition) is 3. The van der Waals surface area contributed by atoms with Crippen LogP contribution in [0.5, 0.6) is 0 Å². The third-order valence-electron chi connectivity index (χ3n) is 3.61. The van der Waals surface area contributed by atoms with Crippen LogP contribution < -0.4 is 4.90 Å². The Labute approximate surface area is 117 Å². The van der Waals surface area contributed by atoms with E-state index < -0.39 is 6.10 Å². The average Bonchev–Trinajstić information content (AvgIpc) is 2.26. The highest BCUT2D eigenvalue weighted by atomic mass is 79.9. The lowest BCUT2D eigenvalue weighted by atomic mass is 9.90. The van der Waals surface area contributed by atoms with Crippen LogP contribution in [0.4, 0.5) is 5.69 Å². The Bertz CT molecular complexity index is 405. The Morgan fingerprint density at radius 3 is 2.67 bits per heavy atom. The molecule has 0 aliphatic heterocycles. The summed E-state index contributed by atoms with van der Waals surface area (Å²) in [5.74, 6) is 0. The largest absolute Gasteiger partial charge is 0.395 e. The quantitative estimate of drug-likeness (QED) is 0.878. The van der Waals surface area contributed by atoms with E-state index in [1.807, 2.05) is 18.2 Å². The molecule has 0 aromatic heterocycles. The molecule has 0 saturated heterocycles. The van der Waals surface area contributed by atoms with E-state index >= 15 is 0 Å². The van der Waals surface area contributed by atoms with Crippen molar-refractivity contribution < 1.29 is 10.2 Å². The minimum Gasteiger partial charge on any atom is -0.395 e. The lowest BCUT2D eigenvalue weighted by molar-refractivity contribution is 0.198. The van der Waals surface area contributed by atoms with Crippen molar-refractivity contribution in [2.75, 3.05) is 18.1 Å². The summed E-state index contributed by atoms with van der Waals surface area (Å²) < 4.78 is 0.972. The molecule has 1 aliphatic rings. The molecule has 18 heavy (non-hydrogen) atoms. The molecule has 1 fully saturated rings. The highest BCUT2D eigenvalue weighted by Crippen LogP contribution is 2.35. The van der Waals surface area contributed by atoms with Crippen molar-refractivity contribution >= 4 is 21.6 Å². The molecule has 100 valence electrons. The molecule has 0 spiro atoms. The molecule has 0 heterocycles. The number of aliphatic hydroxyl groups is 2. The van der Waals surface area contributed by atoms with Crippen LogP contribution in [0.3, 0.4) is 0 Å². The third-order valence-corrected chi connectivity index (χ3v) is 4.10. The molecular weight excluding hydrogens is 294 g/mol. The predicted octanol–water partition coefficient (Wildman–Crippen LogP) is 2.85. The molecule has 3 nitrogen and oxygen atoms in total. The summed E-state index contributed by atoms with van der Waals surface area (Å²) in [4.78, 5) is 2.23. The van der Waals surface area contributed by atoms with Crippen molar-refractivity contribution in [2.24, 2.45) is 0 Å². The molecule has 0 amide bonds. The minimum atomic E-state index is -0.501. The van der Waals surface area contributed by atoms with Crippen LogP contribution in [-0.4, -0.2) is 29.4 Å². The van der Waals surface area contributed by atoms with Gasteiger partial charge in [-0.25, -0.2) is 0 Å². The van der Waals surface area contributed by atoms with Gasteiger partial charge in [0.15, 0.2) is 0 Å². The van der Waals surface area contributed by atoms with Gasteiger partial charge >= 0.3 is 0 Å². The number of halogens is 1. The highest BCUT2D eigenvalue weighted by Gasteiger charge is 2.27. The maximum Gasteiger partial charge on any atom is 0.0782 e. The van der Waals surface area contributed by atoms with E-state index in [9.17, 15) is 10.2 Å². The zero-order valence-corrected chi connectivity index (χ0v) is 12.2. The van der Waals surface area contributed by atoms with Gasteiger partial charge in [-0.15, -0.1) is 0 Å². The first-order valence-electron chi connectivity index (χ1n) is 6.48. The van der Waals surface area contributed by atoms with E-state index in [1.54, 1.807) is 6.92 Å². The van der Waals surface area contributed by atoms with Crippen molar-refractivity contribution in [3.63, 3.8) is 0 Å². The fourth-order valence-corrected chi connectivity index (χ4v) is 2.81. The number of nitrogens with zero attached hydrogens (tertiary/aromatic N) is 1. The van der Waals surface area contributed by atoms with Crippen LogP contribution in [0.25, 0.3) is 0 Å². The predicted molar refractivity (Wildman–Crippen MR) is 76.8 cm³/mol. The molecule has 1 unspecified atom stereocenters. The van der Waals surface area contributed by atoms with Gasteiger partial charge < -0.3 is 15.1 Å². The smallest absolute Gasteiger partial charge is 0.0782 e. The third kappa shape index (κ3) is 2.87. The maximum absolute atomic E-state index is 9.91. The van der Waals surface area contributed by atoms with Gasteiger partial charge in [0, 0.05) is 28.3 Å². The Kier molecular flexibility index (Phi) is 4.65. The molecule has 1 aromatic rings. The number of benzene rings is 1. The van der Waals surface area contributed by atoms with Gasteiger partial charge in [-0.2, -0.15) is 0 Å². The first kappa shape index (κ1) is 13.8. The van der Waals surface area contributed by atoms with Crippen LogP contribution >= 0.6 is 15.9 Å². The summed E-state index contributed by atoms with van der Waals surface area (Å²) in [6.07, 6.45) is 3.11. The second-order valence-electron chi connectivity index (χ2n) is 4.88. The van der Waals surface area contributed by atoms with E-state index in [4.69, 9.17) is 0 Å². The first-order chi connectivity index (χ1) is 8.63. The lowest BCUT2D eigenvalue weighted by Crippen LogP contribution is -2.42. The number of rotatable bonds is 5. The van der Waals surface area contributed by atoms with Crippen molar-refractivity contribution in [3.05, 3.63) is 28.2 Å². The molecule has 1 saturated carbocycles. The van der Waals surface area contributed by atoms with Crippen molar-refractivity contribution in [2.45, 2.75) is 38.3 Å². The maximum atomic E-state index is 9.91. The van der Waals surface area contributed by atoms with Crippen LogP contribution in [0, 0.1) is 0 Å². The monoisotopic (exact) mass is 313 g/mol. The molecule has 1 aromatic carbocycles. The topological polar surface area (TPSA) is 43.7 Å². The Hall–Kier alpha value is -0.580. The number of anilines is 1. The lowest BCUT2D eigenvalue weighted by Gasteiger charge is -2.40. The molecule has 1 atom stereocenters. The van der Waals surface area contributed by atoms with Gasteiger partial charge in [0.2, 0.25) is 0 Å².